The van der Waals surface area contributed by atoms with Crippen molar-refractivity contribution in [2.24, 2.45) is 0 Å². The first kappa shape index (κ1) is 26.3. The van der Waals surface area contributed by atoms with Crippen LogP contribution in [-0.2, 0) is 16.1 Å². The molecule has 0 unspecified atom stereocenters. The number of anilines is 1. The number of carbonyl (C=O) groups is 1. The number of ether oxygens (including phenoxy) is 3. The summed E-state index contributed by atoms with van der Waals surface area (Å²) in [6, 6.07) is 18.0. The minimum absolute atomic E-state index is 0.275. The maximum Gasteiger partial charge on any atom is 0.338 e. The summed E-state index contributed by atoms with van der Waals surface area (Å²) in [6.45, 7) is 5.31. The molecule has 2 aliphatic rings. The van der Waals surface area contributed by atoms with Crippen molar-refractivity contribution in [2.75, 3.05) is 37.8 Å². The number of halogens is 2. The Labute approximate surface area is 227 Å². The van der Waals surface area contributed by atoms with Crippen molar-refractivity contribution in [3.63, 3.8) is 0 Å². The molecule has 1 fully saturated rings. The monoisotopic (exact) mass is 535 g/mol. The van der Waals surface area contributed by atoms with Crippen molar-refractivity contribution in [2.45, 2.75) is 32.8 Å². The molecule has 1 aliphatic heterocycles. The predicted molar refractivity (Wildman–Crippen MR) is 148 cm³/mol. The minimum atomic E-state index is -0.324. The number of benzene rings is 3. The highest BCUT2D eigenvalue weighted by Gasteiger charge is 2.24. The van der Waals surface area contributed by atoms with Gasteiger partial charge >= 0.3 is 5.97 Å². The van der Waals surface area contributed by atoms with Gasteiger partial charge in [0.2, 0.25) is 0 Å². The van der Waals surface area contributed by atoms with Gasteiger partial charge in [-0.1, -0.05) is 23.7 Å². The van der Waals surface area contributed by atoms with E-state index in [1.54, 1.807) is 12.1 Å². The van der Waals surface area contributed by atoms with Crippen LogP contribution in [0, 0.1) is 5.82 Å². The average molecular weight is 536 g/mol. The fraction of sp³-hybridized carbons (Fsp3) is 0.323. The summed E-state index contributed by atoms with van der Waals surface area (Å²) in [5, 5.41) is 0.627. The molecule has 0 radical (unpaired) electrons. The molecule has 0 N–H and O–H groups in total. The highest BCUT2D eigenvalue weighted by Crippen LogP contribution is 2.44. The molecule has 5 nitrogen and oxygen atoms in total. The Morgan fingerprint density at radius 1 is 1.00 bits per heavy atom. The number of esters is 1. The zero-order valence-corrected chi connectivity index (χ0v) is 22.2. The molecule has 0 spiro atoms. The molecule has 1 heterocycles. The van der Waals surface area contributed by atoms with Gasteiger partial charge in [-0.15, -0.1) is 0 Å². The summed E-state index contributed by atoms with van der Waals surface area (Å²) in [5.74, 6) is 0.126. The molecule has 3 aromatic rings. The van der Waals surface area contributed by atoms with Gasteiger partial charge in [-0.3, -0.25) is 0 Å². The van der Waals surface area contributed by atoms with E-state index in [0.717, 1.165) is 66.1 Å². The topological polar surface area (TPSA) is 48.0 Å². The molecule has 7 heteroatoms. The van der Waals surface area contributed by atoms with Crippen LogP contribution in [0.15, 0.2) is 60.7 Å². The molecule has 3 aromatic carbocycles. The fourth-order valence-corrected chi connectivity index (χ4v) is 5.26. The Bertz CT molecular complexity index is 1330. The van der Waals surface area contributed by atoms with Crippen LogP contribution in [0.2, 0.25) is 5.02 Å². The SMILES string of the molecule is CCOC(=O)c1cc(C2=C(c3cc(Cl)ccc3OCc3ccc(F)cc3)CCC2)cc(N2CCOCC2)c1. The van der Waals surface area contributed by atoms with Crippen molar-refractivity contribution < 1.29 is 23.4 Å². The quantitative estimate of drug-likeness (QED) is 0.286. The summed E-state index contributed by atoms with van der Waals surface area (Å²) >= 11 is 6.45. The summed E-state index contributed by atoms with van der Waals surface area (Å²) in [7, 11) is 0. The van der Waals surface area contributed by atoms with E-state index in [9.17, 15) is 9.18 Å². The van der Waals surface area contributed by atoms with Crippen LogP contribution in [0.3, 0.4) is 0 Å². The summed E-state index contributed by atoms with van der Waals surface area (Å²) in [6.07, 6.45) is 2.75. The fourth-order valence-electron chi connectivity index (χ4n) is 5.09. The van der Waals surface area contributed by atoms with Gasteiger partial charge in [-0.2, -0.15) is 0 Å². The second-order valence-corrected chi connectivity index (χ2v) is 9.89. The van der Waals surface area contributed by atoms with Crippen LogP contribution in [0.1, 0.15) is 53.2 Å². The van der Waals surface area contributed by atoms with Crippen LogP contribution < -0.4 is 9.64 Å². The molecule has 1 saturated heterocycles. The third kappa shape index (κ3) is 6.03. The van der Waals surface area contributed by atoms with Crippen LogP contribution in [0.5, 0.6) is 5.75 Å². The standard InChI is InChI=1S/C31H31ClFNO4/c1-2-37-31(35)23-16-22(17-26(18-23)34-12-14-36-15-13-34)27-4-3-5-28(27)29-19-24(32)8-11-30(29)38-20-21-6-9-25(33)10-7-21/h6-11,16-19H,2-5,12-15,20H2,1H3. The molecule has 5 rings (SSSR count). The number of allylic oxidation sites excluding steroid dienone is 2. The Morgan fingerprint density at radius 3 is 2.53 bits per heavy atom. The summed E-state index contributed by atoms with van der Waals surface area (Å²) < 4.78 is 30.4. The van der Waals surface area contributed by atoms with E-state index in [4.69, 9.17) is 25.8 Å². The average Bonchev–Trinajstić information content (AvgIpc) is 3.44. The molecular weight excluding hydrogens is 505 g/mol. The number of carbonyl (C=O) groups excluding carboxylic acids is 1. The Balaban J connectivity index is 1.54. The molecule has 0 atom stereocenters. The van der Waals surface area contributed by atoms with E-state index in [-0.39, 0.29) is 11.8 Å². The van der Waals surface area contributed by atoms with Gasteiger partial charge in [0.1, 0.15) is 18.2 Å². The van der Waals surface area contributed by atoms with E-state index in [1.165, 1.54) is 17.7 Å². The minimum Gasteiger partial charge on any atom is -0.488 e. The van der Waals surface area contributed by atoms with E-state index < -0.39 is 0 Å². The summed E-state index contributed by atoms with van der Waals surface area (Å²) in [5.41, 5.74) is 6.71. The molecule has 1 aliphatic carbocycles. The first-order valence-corrected chi connectivity index (χ1v) is 13.4. The van der Waals surface area contributed by atoms with Crippen molar-refractivity contribution in [3.8, 4) is 5.75 Å². The normalized spacial score (nSPS) is 15.6. The van der Waals surface area contributed by atoms with E-state index >= 15 is 0 Å². The van der Waals surface area contributed by atoms with E-state index in [1.807, 2.05) is 37.3 Å². The van der Waals surface area contributed by atoms with Gasteiger partial charge in [0.15, 0.2) is 0 Å². The first-order chi connectivity index (χ1) is 18.5. The maximum atomic E-state index is 13.3. The Kier molecular flexibility index (Phi) is 8.30. The molecule has 0 aromatic heterocycles. The van der Waals surface area contributed by atoms with Crippen LogP contribution in [0.25, 0.3) is 11.1 Å². The van der Waals surface area contributed by atoms with E-state index in [2.05, 4.69) is 11.0 Å². The van der Waals surface area contributed by atoms with Gasteiger partial charge in [0.05, 0.1) is 25.4 Å². The Hall–Kier alpha value is -3.35. The molecular formula is C31H31ClFNO4. The second kappa shape index (κ2) is 12.0. The molecule has 0 bridgehead atoms. The number of hydrogen-bond acceptors (Lipinski definition) is 5. The number of hydrogen-bond donors (Lipinski definition) is 0. The lowest BCUT2D eigenvalue weighted by molar-refractivity contribution is 0.0526. The Morgan fingerprint density at radius 2 is 1.76 bits per heavy atom. The number of nitrogens with zero attached hydrogens (tertiary/aromatic N) is 1. The van der Waals surface area contributed by atoms with Gasteiger partial charge in [0.25, 0.3) is 0 Å². The lowest BCUT2D eigenvalue weighted by Gasteiger charge is -2.29. The summed E-state index contributed by atoms with van der Waals surface area (Å²) in [4.78, 5) is 15.0. The van der Waals surface area contributed by atoms with Gasteiger partial charge < -0.3 is 19.1 Å². The third-order valence-corrected chi connectivity index (χ3v) is 7.18. The predicted octanol–water partition coefficient (Wildman–Crippen LogP) is 7.17. The van der Waals surface area contributed by atoms with Crippen LogP contribution >= 0.6 is 11.6 Å². The highest BCUT2D eigenvalue weighted by molar-refractivity contribution is 6.30. The molecule has 0 saturated carbocycles. The van der Waals surface area contributed by atoms with Gasteiger partial charge in [0, 0.05) is 29.4 Å². The first-order valence-electron chi connectivity index (χ1n) is 13.1. The third-order valence-electron chi connectivity index (χ3n) is 6.95. The van der Waals surface area contributed by atoms with Gasteiger partial charge in [-0.25, -0.2) is 9.18 Å². The lowest BCUT2D eigenvalue weighted by atomic mass is 9.94. The van der Waals surface area contributed by atoms with Crippen molar-refractivity contribution in [3.05, 3.63) is 93.8 Å². The zero-order valence-electron chi connectivity index (χ0n) is 21.5. The zero-order chi connectivity index (χ0) is 26.5. The van der Waals surface area contributed by atoms with Crippen LogP contribution in [0.4, 0.5) is 10.1 Å². The molecule has 38 heavy (non-hydrogen) atoms. The van der Waals surface area contributed by atoms with E-state index in [0.29, 0.717) is 37.0 Å². The molecule has 0 amide bonds. The van der Waals surface area contributed by atoms with Crippen molar-refractivity contribution >= 4 is 34.4 Å². The molecule has 198 valence electrons. The van der Waals surface area contributed by atoms with Gasteiger partial charge in [-0.05, 0) is 97.0 Å². The second-order valence-electron chi connectivity index (χ2n) is 9.45. The van der Waals surface area contributed by atoms with Crippen molar-refractivity contribution in [1.29, 1.82) is 0 Å². The highest BCUT2D eigenvalue weighted by atomic mass is 35.5. The van der Waals surface area contributed by atoms with Crippen molar-refractivity contribution in [1.82, 2.24) is 0 Å². The maximum absolute atomic E-state index is 13.3. The smallest absolute Gasteiger partial charge is 0.338 e. The van der Waals surface area contributed by atoms with Crippen LogP contribution in [-0.4, -0.2) is 38.9 Å². The largest absolute Gasteiger partial charge is 0.488 e. The number of rotatable bonds is 8. The lowest BCUT2D eigenvalue weighted by Crippen LogP contribution is -2.36. The number of morpholine rings is 1.